The molecule has 2 amide bonds. The maximum atomic E-state index is 12.1. The Bertz CT molecular complexity index is 814. The van der Waals surface area contributed by atoms with E-state index >= 15 is 0 Å². The molecule has 1 heterocycles. The number of carbonyl (C=O) groups is 2. The molecule has 1 N–H and O–H groups in total. The Morgan fingerprint density at radius 3 is 2.48 bits per heavy atom. The molecule has 3 rings (SSSR count). The Balaban J connectivity index is 1.78. The van der Waals surface area contributed by atoms with Crippen LogP contribution in [0.4, 0.5) is 0 Å². The van der Waals surface area contributed by atoms with Crippen molar-refractivity contribution in [2.75, 3.05) is 0 Å². The molecule has 1 aliphatic rings. The highest BCUT2D eigenvalue weighted by Crippen LogP contribution is 2.26. The fourth-order valence-electron chi connectivity index (χ4n) is 1.93. The Hall–Kier alpha value is -2.37. The van der Waals surface area contributed by atoms with Crippen molar-refractivity contribution >= 4 is 46.4 Å². The predicted octanol–water partition coefficient (Wildman–Crippen LogP) is 3.74. The Labute approximate surface area is 142 Å². The second-order valence-corrected chi connectivity index (χ2v) is 6.17. The van der Waals surface area contributed by atoms with E-state index in [1.807, 2.05) is 30.3 Å². The number of nitrogens with zero attached hydrogens (tertiary/aromatic N) is 1. The SMILES string of the molecule is O=C1NC(=NC(=O)c2ccc(Cl)cc2)S/C1=C\c1ccccc1. The van der Waals surface area contributed by atoms with Crippen LogP contribution in [0, 0.1) is 0 Å². The van der Waals surface area contributed by atoms with Gasteiger partial charge in [-0.2, -0.15) is 4.99 Å². The van der Waals surface area contributed by atoms with Gasteiger partial charge in [0.15, 0.2) is 5.17 Å². The van der Waals surface area contributed by atoms with Crippen molar-refractivity contribution in [3.8, 4) is 0 Å². The Kier molecular flexibility index (Phi) is 4.60. The molecular formula is C17H11ClN2O2S. The van der Waals surface area contributed by atoms with Crippen LogP contribution >= 0.6 is 23.4 Å². The Morgan fingerprint density at radius 2 is 1.78 bits per heavy atom. The molecule has 1 aliphatic heterocycles. The predicted molar refractivity (Wildman–Crippen MR) is 93.4 cm³/mol. The van der Waals surface area contributed by atoms with Gasteiger partial charge in [0.2, 0.25) is 0 Å². The van der Waals surface area contributed by atoms with Crippen LogP contribution < -0.4 is 5.32 Å². The monoisotopic (exact) mass is 342 g/mol. The summed E-state index contributed by atoms with van der Waals surface area (Å²) in [7, 11) is 0. The van der Waals surface area contributed by atoms with E-state index in [1.165, 1.54) is 0 Å². The van der Waals surface area contributed by atoms with Crippen molar-refractivity contribution < 1.29 is 9.59 Å². The van der Waals surface area contributed by atoms with E-state index in [2.05, 4.69) is 10.3 Å². The molecule has 0 unspecified atom stereocenters. The minimum Gasteiger partial charge on any atom is -0.300 e. The molecule has 0 bridgehead atoms. The zero-order chi connectivity index (χ0) is 16.2. The molecule has 0 radical (unpaired) electrons. The lowest BCUT2D eigenvalue weighted by molar-refractivity contribution is -0.115. The van der Waals surface area contributed by atoms with E-state index in [4.69, 9.17) is 11.6 Å². The number of hydrogen-bond donors (Lipinski definition) is 1. The number of carbonyl (C=O) groups excluding carboxylic acids is 2. The van der Waals surface area contributed by atoms with E-state index in [-0.39, 0.29) is 11.1 Å². The molecule has 2 aromatic carbocycles. The molecule has 114 valence electrons. The summed E-state index contributed by atoms with van der Waals surface area (Å²) >= 11 is 6.93. The van der Waals surface area contributed by atoms with Crippen LogP contribution in [0.25, 0.3) is 6.08 Å². The summed E-state index contributed by atoms with van der Waals surface area (Å²) in [5.74, 6) is -0.688. The fourth-order valence-corrected chi connectivity index (χ4v) is 2.88. The highest BCUT2D eigenvalue weighted by Gasteiger charge is 2.24. The van der Waals surface area contributed by atoms with Crippen LogP contribution in [0.5, 0.6) is 0 Å². The molecule has 0 spiro atoms. The van der Waals surface area contributed by atoms with Gasteiger partial charge in [-0.05, 0) is 47.7 Å². The van der Waals surface area contributed by atoms with Crippen LogP contribution in [0.2, 0.25) is 5.02 Å². The smallest absolute Gasteiger partial charge is 0.279 e. The first-order valence-electron chi connectivity index (χ1n) is 6.76. The summed E-state index contributed by atoms with van der Waals surface area (Å²) < 4.78 is 0. The summed E-state index contributed by atoms with van der Waals surface area (Å²) in [5, 5.41) is 3.42. The normalized spacial score (nSPS) is 17.5. The van der Waals surface area contributed by atoms with E-state index in [0.717, 1.165) is 17.3 Å². The quantitative estimate of drug-likeness (QED) is 0.846. The van der Waals surface area contributed by atoms with Gasteiger partial charge in [-0.3, -0.25) is 9.59 Å². The highest BCUT2D eigenvalue weighted by atomic mass is 35.5. The maximum Gasteiger partial charge on any atom is 0.279 e. The number of halogens is 1. The van der Waals surface area contributed by atoms with Gasteiger partial charge in [-0.25, -0.2) is 0 Å². The van der Waals surface area contributed by atoms with Crippen molar-refractivity contribution in [3.63, 3.8) is 0 Å². The molecule has 23 heavy (non-hydrogen) atoms. The summed E-state index contributed by atoms with van der Waals surface area (Å²) in [6.45, 7) is 0. The van der Waals surface area contributed by atoms with Gasteiger partial charge in [0.25, 0.3) is 11.8 Å². The molecule has 0 saturated carbocycles. The van der Waals surface area contributed by atoms with E-state index < -0.39 is 5.91 Å². The molecule has 0 aromatic heterocycles. The first-order valence-corrected chi connectivity index (χ1v) is 7.96. The number of thioether (sulfide) groups is 1. The number of nitrogens with one attached hydrogen (secondary N) is 1. The molecule has 2 aromatic rings. The zero-order valence-corrected chi connectivity index (χ0v) is 13.4. The summed E-state index contributed by atoms with van der Waals surface area (Å²) in [6.07, 6.45) is 1.76. The number of aliphatic imine (C=N–C) groups is 1. The topological polar surface area (TPSA) is 58.5 Å². The standard InChI is InChI=1S/C17H11ClN2O2S/c18-13-8-6-12(7-9-13)15(21)19-17-20-16(22)14(23-17)10-11-4-2-1-3-5-11/h1-10H,(H,19,20,21,22)/b14-10-. The summed E-state index contributed by atoms with van der Waals surface area (Å²) in [4.78, 5) is 28.5. The number of rotatable bonds is 2. The third kappa shape index (κ3) is 3.88. The average molecular weight is 343 g/mol. The van der Waals surface area contributed by atoms with Crippen molar-refractivity contribution in [2.24, 2.45) is 4.99 Å². The fraction of sp³-hybridized carbons (Fsp3) is 0. The minimum atomic E-state index is -0.426. The van der Waals surface area contributed by atoms with Gasteiger partial charge in [0.05, 0.1) is 4.91 Å². The highest BCUT2D eigenvalue weighted by molar-refractivity contribution is 8.18. The third-order valence-corrected chi connectivity index (χ3v) is 4.20. The zero-order valence-electron chi connectivity index (χ0n) is 11.8. The lowest BCUT2D eigenvalue weighted by Crippen LogP contribution is -2.20. The van der Waals surface area contributed by atoms with Crippen LogP contribution in [0.15, 0.2) is 64.5 Å². The molecule has 4 nitrogen and oxygen atoms in total. The maximum absolute atomic E-state index is 12.1. The van der Waals surface area contributed by atoms with Crippen LogP contribution in [-0.2, 0) is 4.79 Å². The molecule has 0 atom stereocenters. The van der Waals surface area contributed by atoms with Gasteiger partial charge in [-0.1, -0.05) is 41.9 Å². The lowest BCUT2D eigenvalue weighted by Gasteiger charge is -1.97. The van der Waals surface area contributed by atoms with E-state index in [1.54, 1.807) is 30.3 Å². The molecule has 1 fully saturated rings. The van der Waals surface area contributed by atoms with Crippen LogP contribution in [-0.4, -0.2) is 17.0 Å². The molecule has 0 aliphatic carbocycles. The van der Waals surface area contributed by atoms with Gasteiger partial charge in [0.1, 0.15) is 0 Å². The third-order valence-electron chi connectivity index (χ3n) is 3.04. The van der Waals surface area contributed by atoms with E-state index in [9.17, 15) is 9.59 Å². The minimum absolute atomic E-state index is 0.262. The number of benzene rings is 2. The van der Waals surface area contributed by atoms with E-state index in [0.29, 0.717) is 15.5 Å². The number of amides is 2. The van der Waals surface area contributed by atoms with Gasteiger partial charge in [-0.15, -0.1) is 0 Å². The second kappa shape index (κ2) is 6.81. The van der Waals surface area contributed by atoms with Crippen LogP contribution in [0.3, 0.4) is 0 Å². The van der Waals surface area contributed by atoms with Crippen LogP contribution in [0.1, 0.15) is 15.9 Å². The summed E-state index contributed by atoms with van der Waals surface area (Å²) in [6, 6.07) is 15.9. The molecular weight excluding hydrogens is 332 g/mol. The van der Waals surface area contributed by atoms with Gasteiger partial charge >= 0.3 is 0 Å². The lowest BCUT2D eigenvalue weighted by atomic mass is 10.2. The first kappa shape index (κ1) is 15.5. The van der Waals surface area contributed by atoms with Crippen molar-refractivity contribution in [1.29, 1.82) is 0 Å². The molecule has 6 heteroatoms. The first-order chi connectivity index (χ1) is 11.1. The summed E-state index contributed by atoms with van der Waals surface area (Å²) in [5.41, 5.74) is 1.33. The van der Waals surface area contributed by atoms with Crippen molar-refractivity contribution in [1.82, 2.24) is 5.32 Å². The average Bonchev–Trinajstić information content (AvgIpc) is 2.88. The van der Waals surface area contributed by atoms with Crippen molar-refractivity contribution in [3.05, 3.63) is 75.7 Å². The Morgan fingerprint density at radius 1 is 1.09 bits per heavy atom. The molecule has 1 saturated heterocycles. The largest absolute Gasteiger partial charge is 0.300 e. The number of amidine groups is 1. The second-order valence-electron chi connectivity index (χ2n) is 4.70. The number of hydrogen-bond acceptors (Lipinski definition) is 3. The van der Waals surface area contributed by atoms with Gasteiger partial charge < -0.3 is 5.32 Å². The van der Waals surface area contributed by atoms with Crippen molar-refractivity contribution in [2.45, 2.75) is 0 Å². The van der Waals surface area contributed by atoms with Gasteiger partial charge in [0, 0.05) is 10.6 Å².